The molecule has 0 fully saturated rings. The molecule has 0 aliphatic carbocycles. The minimum Gasteiger partial charge on any atom is -0.489 e. The summed E-state index contributed by atoms with van der Waals surface area (Å²) in [5.41, 5.74) is 10.8. The summed E-state index contributed by atoms with van der Waals surface area (Å²) in [7, 11) is 0. The van der Waals surface area contributed by atoms with Crippen molar-refractivity contribution in [3.63, 3.8) is 0 Å². The SMILES string of the molecule is Cc1ccc(OCc2ccccc2)c(C(CCN)c2ccccc2)c1. The van der Waals surface area contributed by atoms with Crippen molar-refractivity contribution in [3.05, 3.63) is 101 Å². The Morgan fingerprint density at radius 3 is 2.24 bits per heavy atom. The van der Waals surface area contributed by atoms with E-state index in [4.69, 9.17) is 10.5 Å². The fraction of sp³-hybridized carbons (Fsp3) is 0.217. The molecule has 128 valence electrons. The van der Waals surface area contributed by atoms with Crippen LogP contribution < -0.4 is 10.5 Å². The molecule has 2 nitrogen and oxygen atoms in total. The van der Waals surface area contributed by atoms with Crippen LogP contribution in [0, 0.1) is 6.92 Å². The van der Waals surface area contributed by atoms with E-state index in [1.807, 2.05) is 24.3 Å². The molecule has 3 rings (SSSR count). The highest BCUT2D eigenvalue weighted by atomic mass is 16.5. The maximum Gasteiger partial charge on any atom is 0.123 e. The maximum atomic E-state index is 6.19. The summed E-state index contributed by atoms with van der Waals surface area (Å²) in [5, 5.41) is 0. The van der Waals surface area contributed by atoms with Crippen molar-refractivity contribution in [2.75, 3.05) is 6.54 Å². The van der Waals surface area contributed by atoms with Gasteiger partial charge in [-0.1, -0.05) is 78.4 Å². The number of aryl methyl sites for hydroxylation is 1. The quantitative estimate of drug-likeness (QED) is 0.657. The first kappa shape index (κ1) is 17.2. The zero-order valence-electron chi connectivity index (χ0n) is 14.7. The number of nitrogens with two attached hydrogens (primary N) is 1. The molecule has 0 aromatic heterocycles. The van der Waals surface area contributed by atoms with Gasteiger partial charge in [0.2, 0.25) is 0 Å². The molecule has 0 amide bonds. The van der Waals surface area contributed by atoms with Gasteiger partial charge < -0.3 is 10.5 Å². The van der Waals surface area contributed by atoms with Crippen LogP contribution in [0.2, 0.25) is 0 Å². The summed E-state index contributed by atoms with van der Waals surface area (Å²) < 4.78 is 6.19. The van der Waals surface area contributed by atoms with Crippen molar-refractivity contribution in [2.24, 2.45) is 5.73 Å². The lowest BCUT2D eigenvalue weighted by Gasteiger charge is -2.21. The fourth-order valence-electron chi connectivity index (χ4n) is 3.16. The standard InChI is InChI=1S/C23H25NO/c1-18-12-13-23(25-17-19-8-4-2-5-9-19)22(16-18)21(14-15-24)20-10-6-3-7-11-20/h2-13,16,21H,14-15,17,24H2,1H3. The van der Waals surface area contributed by atoms with Crippen LogP contribution in [0.1, 0.15) is 34.6 Å². The van der Waals surface area contributed by atoms with E-state index >= 15 is 0 Å². The first-order chi connectivity index (χ1) is 12.3. The second kappa shape index (κ2) is 8.50. The smallest absolute Gasteiger partial charge is 0.123 e. The highest BCUT2D eigenvalue weighted by molar-refractivity contribution is 5.44. The molecule has 3 aromatic rings. The summed E-state index contributed by atoms with van der Waals surface area (Å²) >= 11 is 0. The number of hydrogen-bond donors (Lipinski definition) is 1. The Labute approximate surface area is 150 Å². The zero-order valence-corrected chi connectivity index (χ0v) is 14.7. The fourth-order valence-corrected chi connectivity index (χ4v) is 3.16. The van der Waals surface area contributed by atoms with E-state index in [-0.39, 0.29) is 5.92 Å². The molecule has 0 saturated carbocycles. The van der Waals surface area contributed by atoms with Gasteiger partial charge >= 0.3 is 0 Å². The molecule has 1 unspecified atom stereocenters. The largest absolute Gasteiger partial charge is 0.489 e. The average molecular weight is 331 g/mol. The molecule has 0 saturated heterocycles. The summed E-state index contributed by atoms with van der Waals surface area (Å²) in [6, 6.07) is 27.2. The molecule has 1 atom stereocenters. The second-order valence-electron chi connectivity index (χ2n) is 6.36. The Morgan fingerprint density at radius 1 is 0.880 bits per heavy atom. The average Bonchev–Trinajstić information content (AvgIpc) is 2.66. The highest BCUT2D eigenvalue weighted by Gasteiger charge is 2.18. The Kier molecular flexibility index (Phi) is 5.86. The van der Waals surface area contributed by atoms with Crippen LogP contribution >= 0.6 is 0 Å². The Bertz CT molecular complexity index is 784. The Morgan fingerprint density at radius 2 is 1.56 bits per heavy atom. The minimum absolute atomic E-state index is 0.247. The van der Waals surface area contributed by atoms with E-state index in [9.17, 15) is 0 Å². The van der Waals surface area contributed by atoms with E-state index < -0.39 is 0 Å². The molecule has 3 aromatic carbocycles. The predicted molar refractivity (Wildman–Crippen MR) is 104 cm³/mol. The van der Waals surface area contributed by atoms with Gasteiger partial charge in [0.25, 0.3) is 0 Å². The van der Waals surface area contributed by atoms with Crippen molar-refractivity contribution in [3.8, 4) is 5.75 Å². The van der Waals surface area contributed by atoms with E-state index in [2.05, 4.69) is 61.5 Å². The van der Waals surface area contributed by atoms with Crippen LogP contribution in [0.5, 0.6) is 5.75 Å². The van der Waals surface area contributed by atoms with E-state index in [0.717, 1.165) is 12.2 Å². The van der Waals surface area contributed by atoms with E-state index in [0.29, 0.717) is 13.2 Å². The van der Waals surface area contributed by atoms with Gasteiger partial charge in [-0.05, 0) is 37.1 Å². The minimum atomic E-state index is 0.247. The Balaban J connectivity index is 1.91. The maximum absolute atomic E-state index is 6.19. The van der Waals surface area contributed by atoms with Crippen molar-refractivity contribution in [1.82, 2.24) is 0 Å². The molecule has 2 heteroatoms. The lowest BCUT2D eigenvalue weighted by molar-refractivity contribution is 0.301. The molecule has 0 aliphatic heterocycles. The van der Waals surface area contributed by atoms with Gasteiger partial charge in [0.1, 0.15) is 12.4 Å². The van der Waals surface area contributed by atoms with E-state index in [1.54, 1.807) is 0 Å². The lowest BCUT2D eigenvalue weighted by Crippen LogP contribution is -2.11. The molecule has 0 spiro atoms. The molecule has 2 N–H and O–H groups in total. The lowest BCUT2D eigenvalue weighted by atomic mass is 9.87. The summed E-state index contributed by atoms with van der Waals surface area (Å²) in [5.74, 6) is 1.19. The third-order valence-electron chi connectivity index (χ3n) is 4.44. The van der Waals surface area contributed by atoms with Gasteiger partial charge in [-0.2, -0.15) is 0 Å². The summed E-state index contributed by atoms with van der Waals surface area (Å²) in [6.45, 7) is 3.33. The normalized spacial score (nSPS) is 11.9. The third-order valence-corrected chi connectivity index (χ3v) is 4.44. The second-order valence-corrected chi connectivity index (χ2v) is 6.36. The van der Waals surface area contributed by atoms with Crippen LogP contribution in [-0.2, 0) is 6.61 Å². The number of benzene rings is 3. The number of ether oxygens (including phenoxy) is 1. The first-order valence-corrected chi connectivity index (χ1v) is 8.80. The summed E-state index contributed by atoms with van der Waals surface area (Å²) in [6.07, 6.45) is 0.898. The van der Waals surface area contributed by atoms with Crippen LogP contribution in [0.25, 0.3) is 0 Å². The summed E-state index contributed by atoms with van der Waals surface area (Å²) in [4.78, 5) is 0. The molecule has 25 heavy (non-hydrogen) atoms. The predicted octanol–water partition coefficient (Wildman–Crippen LogP) is 5.05. The topological polar surface area (TPSA) is 35.2 Å². The third kappa shape index (κ3) is 4.49. The van der Waals surface area contributed by atoms with Crippen LogP contribution in [0.3, 0.4) is 0 Å². The van der Waals surface area contributed by atoms with E-state index in [1.165, 1.54) is 22.3 Å². The van der Waals surface area contributed by atoms with Gasteiger partial charge in [0.05, 0.1) is 0 Å². The van der Waals surface area contributed by atoms with Crippen molar-refractivity contribution >= 4 is 0 Å². The van der Waals surface area contributed by atoms with Crippen molar-refractivity contribution < 1.29 is 4.74 Å². The molecular weight excluding hydrogens is 306 g/mol. The van der Waals surface area contributed by atoms with Crippen molar-refractivity contribution in [2.45, 2.75) is 25.9 Å². The zero-order chi connectivity index (χ0) is 17.5. The van der Waals surface area contributed by atoms with Crippen molar-refractivity contribution in [1.29, 1.82) is 0 Å². The van der Waals surface area contributed by atoms with Gasteiger partial charge in [-0.15, -0.1) is 0 Å². The molecule has 0 heterocycles. The van der Waals surface area contributed by atoms with Crippen LogP contribution in [0.4, 0.5) is 0 Å². The number of hydrogen-bond acceptors (Lipinski definition) is 2. The first-order valence-electron chi connectivity index (χ1n) is 8.80. The van der Waals surface area contributed by atoms with Gasteiger partial charge in [-0.3, -0.25) is 0 Å². The number of rotatable bonds is 7. The molecule has 0 radical (unpaired) electrons. The highest BCUT2D eigenvalue weighted by Crippen LogP contribution is 2.35. The molecule has 0 bridgehead atoms. The molecule has 0 aliphatic rings. The molecular formula is C23H25NO. The monoisotopic (exact) mass is 331 g/mol. The van der Waals surface area contributed by atoms with Crippen LogP contribution in [0.15, 0.2) is 78.9 Å². The van der Waals surface area contributed by atoms with Gasteiger partial charge in [-0.25, -0.2) is 0 Å². The van der Waals surface area contributed by atoms with Crippen LogP contribution in [-0.4, -0.2) is 6.54 Å². The van der Waals surface area contributed by atoms with Gasteiger partial charge in [0.15, 0.2) is 0 Å². The van der Waals surface area contributed by atoms with Gasteiger partial charge in [0, 0.05) is 11.5 Å². The Hall–Kier alpha value is -2.58.